The highest BCUT2D eigenvalue weighted by Crippen LogP contribution is 2.26. The molecular formula is C10H8BrNO. The van der Waals surface area contributed by atoms with E-state index in [1.165, 1.54) is 0 Å². The van der Waals surface area contributed by atoms with Crippen molar-refractivity contribution in [2.45, 2.75) is 0 Å². The summed E-state index contributed by atoms with van der Waals surface area (Å²) in [5, 5.41) is 1.04. The minimum absolute atomic E-state index is 0.794. The van der Waals surface area contributed by atoms with Gasteiger partial charge in [0.1, 0.15) is 10.4 Å². The minimum atomic E-state index is 0.794. The van der Waals surface area contributed by atoms with Crippen LogP contribution in [0.5, 0.6) is 5.75 Å². The predicted molar refractivity (Wildman–Crippen MR) is 56.0 cm³/mol. The van der Waals surface area contributed by atoms with Gasteiger partial charge in [-0.05, 0) is 28.1 Å². The van der Waals surface area contributed by atoms with Crippen LogP contribution in [-0.4, -0.2) is 12.1 Å². The molecule has 1 aromatic heterocycles. The summed E-state index contributed by atoms with van der Waals surface area (Å²) in [4.78, 5) is 4.32. The molecule has 1 aromatic carbocycles. The molecule has 0 spiro atoms. The van der Waals surface area contributed by atoms with Crippen LogP contribution in [0.1, 0.15) is 0 Å². The van der Waals surface area contributed by atoms with Crippen molar-refractivity contribution in [3.8, 4) is 5.75 Å². The molecule has 66 valence electrons. The molecule has 0 saturated heterocycles. The van der Waals surface area contributed by atoms with Crippen molar-refractivity contribution in [1.29, 1.82) is 0 Å². The van der Waals surface area contributed by atoms with Gasteiger partial charge < -0.3 is 4.74 Å². The first-order valence-corrected chi connectivity index (χ1v) is 4.70. The summed E-state index contributed by atoms with van der Waals surface area (Å²) in [5.74, 6) is 0.845. The molecule has 2 aromatic rings. The van der Waals surface area contributed by atoms with E-state index >= 15 is 0 Å². The third-order valence-electron chi connectivity index (χ3n) is 1.87. The third kappa shape index (κ3) is 1.52. The Kier molecular flexibility index (Phi) is 2.19. The molecule has 0 unspecified atom stereocenters. The summed E-state index contributed by atoms with van der Waals surface area (Å²) in [7, 11) is 1.66. The maximum absolute atomic E-state index is 5.24. The maximum Gasteiger partial charge on any atom is 0.130 e. The zero-order valence-corrected chi connectivity index (χ0v) is 8.71. The van der Waals surface area contributed by atoms with Gasteiger partial charge in [-0.15, -0.1) is 0 Å². The second-order valence-corrected chi connectivity index (χ2v) is 3.48. The van der Waals surface area contributed by atoms with E-state index in [9.17, 15) is 0 Å². The number of methoxy groups -OCH3 is 1. The van der Waals surface area contributed by atoms with Gasteiger partial charge in [-0.3, -0.25) is 0 Å². The van der Waals surface area contributed by atoms with E-state index in [1.54, 1.807) is 7.11 Å². The lowest BCUT2D eigenvalue weighted by molar-refractivity contribution is 0.419. The van der Waals surface area contributed by atoms with Crippen LogP contribution < -0.4 is 4.74 Å². The largest absolute Gasteiger partial charge is 0.496 e. The first-order valence-electron chi connectivity index (χ1n) is 3.90. The van der Waals surface area contributed by atoms with Gasteiger partial charge in [-0.1, -0.05) is 12.1 Å². The number of benzene rings is 1. The monoisotopic (exact) mass is 237 g/mol. The van der Waals surface area contributed by atoms with Gasteiger partial charge >= 0.3 is 0 Å². The van der Waals surface area contributed by atoms with Crippen LogP contribution in [0.4, 0.5) is 0 Å². The molecule has 0 aliphatic heterocycles. The average molecular weight is 238 g/mol. The van der Waals surface area contributed by atoms with E-state index in [4.69, 9.17) is 4.74 Å². The normalized spacial score (nSPS) is 10.3. The van der Waals surface area contributed by atoms with Crippen LogP contribution in [-0.2, 0) is 0 Å². The van der Waals surface area contributed by atoms with Crippen molar-refractivity contribution < 1.29 is 4.74 Å². The second-order valence-electron chi connectivity index (χ2n) is 2.66. The van der Waals surface area contributed by atoms with Crippen LogP contribution in [0.15, 0.2) is 34.9 Å². The molecule has 0 bridgehead atoms. The zero-order chi connectivity index (χ0) is 9.26. The van der Waals surface area contributed by atoms with Crippen molar-refractivity contribution in [1.82, 2.24) is 4.98 Å². The van der Waals surface area contributed by atoms with Gasteiger partial charge in [0, 0.05) is 11.5 Å². The molecule has 0 saturated carbocycles. The van der Waals surface area contributed by atoms with Gasteiger partial charge in [0.15, 0.2) is 0 Å². The van der Waals surface area contributed by atoms with Crippen LogP contribution >= 0.6 is 15.9 Å². The van der Waals surface area contributed by atoms with Crippen LogP contribution in [0.2, 0.25) is 0 Å². The Hall–Kier alpha value is -1.09. The molecule has 3 heteroatoms. The van der Waals surface area contributed by atoms with E-state index in [0.29, 0.717) is 0 Å². The summed E-state index contributed by atoms with van der Waals surface area (Å²) in [5.41, 5.74) is 0.939. The number of fused-ring (bicyclic) bond motifs is 1. The third-order valence-corrected chi connectivity index (χ3v) is 2.27. The lowest BCUT2D eigenvalue weighted by Gasteiger charge is -2.04. The SMILES string of the molecule is COc1cc(Br)nc2ccccc12. The Balaban J connectivity index is 2.81. The first-order chi connectivity index (χ1) is 6.31. The number of ether oxygens (including phenoxy) is 1. The fraction of sp³-hybridized carbons (Fsp3) is 0.100. The molecule has 0 aliphatic carbocycles. The average Bonchev–Trinajstić information content (AvgIpc) is 2.16. The quantitative estimate of drug-likeness (QED) is 0.712. The smallest absolute Gasteiger partial charge is 0.130 e. The number of hydrogen-bond donors (Lipinski definition) is 0. The summed E-state index contributed by atoms with van der Waals surface area (Å²) in [6.45, 7) is 0. The Bertz CT molecular complexity index is 442. The van der Waals surface area contributed by atoms with Crippen molar-refractivity contribution in [3.05, 3.63) is 34.9 Å². The van der Waals surface area contributed by atoms with Gasteiger partial charge in [0.25, 0.3) is 0 Å². The zero-order valence-electron chi connectivity index (χ0n) is 7.12. The number of hydrogen-bond acceptors (Lipinski definition) is 2. The molecular weight excluding hydrogens is 230 g/mol. The molecule has 0 amide bonds. The predicted octanol–water partition coefficient (Wildman–Crippen LogP) is 3.01. The Labute approximate surface area is 84.7 Å². The Morgan fingerprint density at radius 3 is 2.85 bits per heavy atom. The number of aromatic nitrogens is 1. The van der Waals surface area contributed by atoms with E-state index in [2.05, 4.69) is 20.9 Å². The van der Waals surface area contributed by atoms with Crippen LogP contribution in [0.3, 0.4) is 0 Å². The van der Waals surface area contributed by atoms with E-state index in [-0.39, 0.29) is 0 Å². The molecule has 0 aliphatic rings. The second kappa shape index (κ2) is 3.34. The molecule has 0 fully saturated rings. The maximum atomic E-state index is 5.24. The number of halogens is 1. The molecule has 0 atom stereocenters. The summed E-state index contributed by atoms with van der Waals surface area (Å²) in [6.07, 6.45) is 0. The molecule has 13 heavy (non-hydrogen) atoms. The van der Waals surface area contributed by atoms with Gasteiger partial charge in [-0.2, -0.15) is 0 Å². The van der Waals surface area contributed by atoms with E-state index < -0.39 is 0 Å². The Morgan fingerprint density at radius 2 is 2.08 bits per heavy atom. The lowest BCUT2D eigenvalue weighted by Crippen LogP contribution is -1.87. The van der Waals surface area contributed by atoms with E-state index in [1.807, 2.05) is 30.3 Å². The highest BCUT2D eigenvalue weighted by atomic mass is 79.9. The fourth-order valence-electron chi connectivity index (χ4n) is 1.28. The van der Waals surface area contributed by atoms with Crippen molar-refractivity contribution in [3.63, 3.8) is 0 Å². The highest BCUT2D eigenvalue weighted by molar-refractivity contribution is 9.10. The molecule has 2 nitrogen and oxygen atoms in total. The lowest BCUT2D eigenvalue weighted by atomic mass is 10.2. The van der Waals surface area contributed by atoms with Crippen molar-refractivity contribution in [2.24, 2.45) is 0 Å². The Morgan fingerprint density at radius 1 is 1.31 bits per heavy atom. The van der Waals surface area contributed by atoms with Gasteiger partial charge in [0.2, 0.25) is 0 Å². The van der Waals surface area contributed by atoms with Gasteiger partial charge in [-0.25, -0.2) is 4.98 Å². The number of nitrogens with zero attached hydrogens (tertiary/aromatic N) is 1. The minimum Gasteiger partial charge on any atom is -0.496 e. The van der Waals surface area contributed by atoms with Crippen molar-refractivity contribution >= 4 is 26.8 Å². The molecule has 1 heterocycles. The first kappa shape index (κ1) is 8.51. The van der Waals surface area contributed by atoms with E-state index in [0.717, 1.165) is 21.3 Å². The number of rotatable bonds is 1. The summed E-state index contributed by atoms with van der Waals surface area (Å²) >= 11 is 3.33. The fourth-order valence-corrected chi connectivity index (χ4v) is 1.68. The topological polar surface area (TPSA) is 22.1 Å². The standard InChI is InChI=1S/C10H8BrNO/c1-13-9-6-10(11)12-8-5-3-2-4-7(8)9/h2-6H,1H3. The molecule has 0 N–H and O–H groups in total. The van der Waals surface area contributed by atoms with Gasteiger partial charge in [0.05, 0.1) is 12.6 Å². The number of pyridine rings is 1. The number of para-hydroxylation sites is 1. The molecule has 0 radical (unpaired) electrons. The van der Waals surface area contributed by atoms with Crippen LogP contribution in [0, 0.1) is 0 Å². The van der Waals surface area contributed by atoms with Crippen LogP contribution in [0.25, 0.3) is 10.9 Å². The molecule has 2 rings (SSSR count). The summed E-state index contributed by atoms with van der Waals surface area (Å²) < 4.78 is 6.03. The summed E-state index contributed by atoms with van der Waals surface area (Å²) in [6, 6.07) is 9.75. The highest BCUT2D eigenvalue weighted by Gasteiger charge is 2.02. The van der Waals surface area contributed by atoms with Crippen molar-refractivity contribution in [2.75, 3.05) is 7.11 Å².